The Labute approximate surface area is 133 Å². The van der Waals surface area contributed by atoms with Crippen molar-refractivity contribution < 1.29 is 17.9 Å². The molecule has 0 radical (unpaired) electrons. The number of ether oxygens (including phenoxy) is 1. The smallest absolute Gasteiger partial charge is 0.241 e. The molecule has 126 valence electrons. The summed E-state index contributed by atoms with van der Waals surface area (Å²) in [4.78, 5) is 13.2. The van der Waals surface area contributed by atoms with E-state index in [4.69, 9.17) is 10.5 Å². The van der Waals surface area contributed by atoms with Gasteiger partial charge in [0, 0.05) is 40.3 Å². The van der Waals surface area contributed by atoms with Crippen LogP contribution in [0.1, 0.15) is 19.8 Å². The van der Waals surface area contributed by atoms with E-state index in [2.05, 4.69) is 0 Å². The van der Waals surface area contributed by atoms with Gasteiger partial charge in [-0.1, -0.05) is 0 Å². The molecule has 1 heterocycles. The molecular formula is C12H26ClN3O4S. The molecule has 3 unspecified atom stereocenters. The van der Waals surface area contributed by atoms with Crippen molar-refractivity contribution in [2.45, 2.75) is 37.2 Å². The lowest BCUT2D eigenvalue weighted by Gasteiger charge is -2.38. The Balaban J connectivity index is 0.00000400. The van der Waals surface area contributed by atoms with Gasteiger partial charge in [0.1, 0.15) is 0 Å². The maximum Gasteiger partial charge on any atom is 0.241 e. The van der Waals surface area contributed by atoms with Crippen LogP contribution < -0.4 is 5.73 Å². The molecular weight excluding hydrogens is 318 g/mol. The van der Waals surface area contributed by atoms with Gasteiger partial charge in [0.25, 0.3) is 0 Å². The van der Waals surface area contributed by atoms with Crippen molar-refractivity contribution in [3.63, 3.8) is 0 Å². The first kappa shape index (κ1) is 20.6. The predicted molar refractivity (Wildman–Crippen MR) is 83.9 cm³/mol. The summed E-state index contributed by atoms with van der Waals surface area (Å²) in [5, 5.41) is -1.09. The molecule has 9 heteroatoms. The fourth-order valence-electron chi connectivity index (χ4n) is 2.45. The van der Waals surface area contributed by atoms with E-state index in [0.29, 0.717) is 19.4 Å². The third-order valence-electron chi connectivity index (χ3n) is 3.78. The Kier molecular flexibility index (Phi) is 8.12. The molecule has 0 aromatic rings. The number of hydrogen-bond donors (Lipinski definition) is 1. The van der Waals surface area contributed by atoms with Crippen LogP contribution in [0, 0.1) is 0 Å². The highest BCUT2D eigenvalue weighted by Crippen LogP contribution is 2.24. The minimum Gasteiger partial charge on any atom is -0.381 e. The van der Waals surface area contributed by atoms with Gasteiger partial charge >= 0.3 is 0 Å². The maximum absolute atomic E-state index is 12.6. The number of rotatable bonds is 5. The Morgan fingerprint density at radius 3 is 2.48 bits per heavy atom. The first-order chi connectivity index (χ1) is 9.25. The summed E-state index contributed by atoms with van der Waals surface area (Å²) >= 11 is 0. The van der Waals surface area contributed by atoms with Crippen molar-refractivity contribution in [2.75, 3.05) is 34.3 Å². The zero-order chi connectivity index (χ0) is 15.5. The minimum absolute atomic E-state index is 0. The molecule has 1 amide bonds. The van der Waals surface area contributed by atoms with Crippen molar-refractivity contribution in [3.8, 4) is 0 Å². The molecule has 0 aromatic carbocycles. The second kappa shape index (κ2) is 8.28. The molecule has 7 nitrogen and oxygen atoms in total. The summed E-state index contributed by atoms with van der Waals surface area (Å²) in [6.07, 6.45) is 1.21. The topological polar surface area (TPSA) is 92.9 Å². The first-order valence-electron chi connectivity index (χ1n) is 6.70. The van der Waals surface area contributed by atoms with E-state index >= 15 is 0 Å². The van der Waals surface area contributed by atoms with Gasteiger partial charge in [0.15, 0.2) is 5.25 Å². The zero-order valence-electron chi connectivity index (χ0n) is 13.0. The number of sulfonamides is 1. The Bertz CT molecular complexity index is 444. The molecule has 0 aromatic heterocycles. The van der Waals surface area contributed by atoms with Gasteiger partial charge in [0.05, 0.1) is 6.10 Å². The quantitative estimate of drug-likeness (QED) is 0.736. The SMILES string of the molecule is COC1CCN(S(=O)(=O)C(C)C(=O)N(C)C)C(CN)C1.Cl. The van der Waals surface area contributed by atoms with Crippen LogP contribution in [-0.2, 0) is 19.6 Å². The molecule has 1 rings (SSSR count). The minimum atomic E-state index is -3.69. The first-order valence-corrected chi connectivity index (χ1v) is 8.20. The third-order valence-corrected chi connectivity index (χ3v) is 6.01. The van der Waals surface area contributed by atoms with Crippen LogP contribution in [0.15, 0.2) is 0 Å². The van der Waals surface area contributed by atoms with E-state index in [1.165, 1.54) is 16.1 Å². The lowest BCUT2D eigenvalue weighted by Crippen LogP contribution is -2.55. The van der Waals surface area contributed by atoms with E-state index in [0.717, 1.165) is 0 Å². The molecule has 1 aliphatic rings. The number of hydrogen-bond acceptors (Lipinski definition) is 5. The number of amides is 1. The number of carbonyl (C=O) groups excluding carboxylic acids is 1. The highest BCUT2D eigenvalue weighted by atomic mass is 35.5. The van der Waals surface area contributed by atoms with E-state index in [1.807, 2.05) is 0 Å². The molecule has 0 aliphatic carbocycles. The van der Waals surface area contributed by atoms with Gasteiger partial charge in [-0.05, 0) is 19.8 Å². The van der Waals surface area contributed by atoms with Crippen LogP contribution >= 0.6 is 12.4 Å². The summed E-state index contributed by atoms with van der Waals surface area (Å²) in [5.74, 6) is -0.422. The summed E-state index contributed by atoms with van der Waals surface area (Å²) in [6, 6.07) is -0.309. The summed E-state index contributed by atoms with van der Waals surface area (Å²) < 4.78 is 31.8. The monoisotopic (exact) mass is 343 g/mol. The van der Waals surface area contributed by atoms with Crippen molar-refractivity contribution in [1.29, 1.82) is 0 Å². The maximum atomic E-state index is 12.6. The van der Waals surface area contributed by atoms with Crippen LogP contribution in [0.2, 0.25) is 0 Å². The highest BCUT2D eigenvalue weighted by Gasteiger charge is 2.41. The molecule has 21 heavy (non-hydrogen) atoms. The van der Waals surface area contributed by atoms with Crippen molar-refractivity contribution >= 4 is 28.3 Å². The van der Waals surface area contributed by atoms with Crippen molar-refractivity contribution in [2.24, 2.45) is 5.73 Å². The van der Waals surface area contributed by atoms with E-state index in [1.54, 1.807) is 21.2 Å². The lowest BCUT2D eigenvalue weighted by atomic mass is 10.0. The number of carbonyl (C=O) groups is 1. The molecule has 2 N–H and O–H groups in total. The number of piperidine rings is 1. The second-order valence-electron chi connectivity index (χ2n) is 5.30. The predicted octanol–water partition coefficient (Wildman–Crippen LogP) is -0.347. The molecule has 0 saturated carbocycles. The van der Waals surface area contributed by atoms with Gasteiger partial charge in [-0.15, -0.1) is 12.4 Å². The standard InChI is InChI=1S/C12H25N3O4S.ClH/c1-9(12(16)14(2)3)20(17,18)15-6-5-11(19-4)7-10(15)8-13;/h9-11H,5-8,13H2,1-4H3;1H. The summed E-state index contributed by atoms with van der Waals surface area (Å²) in [5.41, 5.74) is 5.69. The molecule has 3 atom stereocenters. The Morgan fingerprint density at radius 1 is 1.48 bits per heavy atom. The van der Waals surface area contributed by atoms with Crippen molar-refractivity contribution in [3.05, 3.63) is 0 Å². The molecule has 0 bridgehead atoms. The average Bonchev–Trinajstić information content (AvgIpc) is 2.44. The average molecular weight is 344 g/mol. The van der Waals surface area contributed by atoms with Crippen LogP contribution in [0.25, 0.3) is 0 Å². The van der Waals surface area contributed by atoms with Gasteiger partial charge in [0.2, 0.25) is 15.9 Å². The van der Waals surface area contributed by atoms with E-state index < -0.39 is 21.2 Å². The number of halogens is 1. The fourth-order valence-corrected chi connectivity index (χ4v) is 4.27. The largest absolute Gasteiger partial charge is 0.381 e. The third kappa shape index (κ3) is 4.53. The van der Waals surface area contributed by atoms with Crippen LogP contribution in [0.4, 0.5) is 0 Å². The number of nitrogens with two attached hydrogens (primary N) is 1. The summed E-state index contributed by atoms with van der Waals surface area (Å²) in [7, 11) is 1.01. The Hall–Kier alpha value is -0.410. The molecule has 1 aliphatic heterocycles. The fraction of sp³-hybridized carbons (Fsp3) is 0.917. The van der Waals surface area contributed by atoms with Gasteiger partial charge in [-0.3, -0.25) is 4.79 Å². The molecule has 1 saturated heterocycles. The van der Waals surface area contributed by atoms with Crippen LogP contribution in [-0.4, -0.2) is 75.2 Å². The Morgan fingerprint density at radius 2 is 2.05 bits per heavy atom. The van der Waals surface area contributed by atoms with Gasteiger partial charge < -0.3 is 15.4 Å². The number of nitrogens with zero attached hydrogens (tertiary/aromatic N) is 2. The molecule has 0 spiro atoms. The van der Waals surface area contributed by atoms with Crippen LogP contribution in [0.3, 0.4) is 0 Å². The van der Waals surface area contributed by atoms with Gasteiger partial charge in [-0.25, -0.2) is 8.42 Å². The van der Waals surface area contributed by atoms with E-state index in [9.17, 15) is 13.2 Å². The molecule has 1 fully saturated rings. The second-order valence-corrected chi connectivity index (χ2v) is 7.51. The number of methoxy groups -OCH3 is 1. The lowest BCUT2D eigenvalue weighted by molar-refractivity contribution is -0.128. The summed E-state index contributed by atoms with van der Waals surface area (Å²) in [6.45, 7) is 1.99. The van der Waals surface area contributed by atoms with Crippen molar-refractivity contribution in [1.82, 2.24) is 9.21 Å². The normalized spacial score (nSPS) is 25.0. The zero-order valence-corrected chi connectivity index (χ0v) is 14.6. The van der Waals surface area contributed by atoms with Gasteiger partial charge in [-0.2, -0.15) is 4.31 Å². The van der Waals surface area contributed by atoms with Crippen LogP contribution in [0.5, 0.6) is 0 Å². The highest BCUT2D eigenvalue weighted by molar-refractivity contribution is 7.90. The van der Waals surface area contributed by atoms with E-state index in [-0.39, 0.29) is 31.1 Å².